The van der Waals surface area contributed by atoms with Gasteiger partial charge in [-0.05, 0) is 14.0 Å². The third-order valence-electron chi connectivity index (χ3n) is 1.81. The fourth-order valence-electron chi connectivity index (χ4n) is 0.989. The van der Waals surface area contributed by atoms with Crippen LogP contribution in [0.5, 0.6) is 0 Å². The average Bonchev–Trinajstić information content (AvgIpc) is 2.11. The molecule has 0 rings (SSSR count). The van der Waals surface area contributed by atoms with Crippen molar-refractivity contribution >= 4 is 11.9 Å². The summed E-state index contributed by atoms with van der Waals surface area (Å²) in [5.41, 5.74) is 0. The monoisotopic (exact) mass is 242 g/mol. The Morgan fingerprint density at radius 3 is 2.25 bits per heavy atom. The molecular weight excluding hydrogens is 229 g/mol. The molecule has 0 fully saturated rings. The van der Waals surface area contributed by atoms with Gasteiger partial charge in [0.05, 0.1) is 6.04 Å². The number of rotatable bonds is 5. The van der Waals surface area contributed by atoms with E-state index in [0.29, 0.717) is 0 Å². The number of alkyl halides is 3. The van der Waals surface area contributed by atoms with E-state index in [2.05, 4.69) is 5.32 Å². The molecule has 1 unspecified atom stereocenters. The van der Waals surface area contributed by atoms with E-state index in [1.165, 1.54) is 14.0 Å². The Labute approximate surface area is 90.2 Å². The van der Waals surface area contributed by atoms with Crippen LogP contribution >= 0.6 is 0 Å². The maximum absolute atomic E-state index is 12.1. The van der Waals surface area contributed by atoms with Gasteiger partial charge in [0, 0.05) is 0 Å². The molecule has 1 amide bonds. The molecule has 0 aliphatic heterocycles. The molecule has 0 heterocycles. The van der Waals surface area contributed by atoms with Gasteiger partial charge in [-0.2, -0.15) is 13.2 Å². The fourth-order valence-corrected chi connectivity index (χ4v) is 0.989. The van der Waals surface area contributed by atoms with E-state index in [9.17, 15) is 22.8 Å². The highest BCUT2D eigenvalue weighted by Crippen LogP contribution is 2.16. The van der Waals surface area contributed by atoms with Gasteiger partial charge in [0.25, 0.3) is 0 Å². The number of likely N-dealkylation sites (N-methyl/N-ethyl adjacent to an activating group) is 1. The number of amides is 1. The van der Waals surface area contributed by atoms with Gasteiger partial charge in [-0.15, -0.1) is 0 Å². The molecule has 0 saturated heterocycles. The van der Waals surface area contributed by atoms with Crippen molar-refractivity contribution in [1.29, 1.82) is 0 Å². The molecule has 0 bridgehead atoms. The number of aliphatic carboxylic acids is 1. The largest absolute Gasteiger partial charge is 0.480 e. The van der Waals surface area contributed by atoms with Crippen molar-refractivity contribution in [2.45, 2.75) is 19.1 Å². The predicted molar refractivity (Wildman–Crippen MR) is 48.8 cm³/mol. The van der Waals surface area contributed by atoms with E-state index in [4.69, 9.17) is 5.11 Å². The summed E-state index contributed by atoms with van der Waals surface area (Å²) in [5, 5.41) is 10.9. The molecule has 0 spiro atoms. The minimum atomic E-state index is -4.61. The third kappa shape index (κ3) is 5.54. The van der Waals surface area contributed by atoms with Gasteiger partial charge >= 0.3 is 12.1 Å². The first-order chi connectivity index (χ1) is 7.17. The highest BCUT2D eigenvalue weighted by Gasteiger charge is 2.35. The summed E-state index contributed by atoms with van der Waals surface area (Å²) in [6.07, 6.45) is -4.61. The fraction of sp³-hybridized carbons (Fsp3) is 0.750. The number of hydrogen-bond acceptors (Lipinski definition) is 3. The Morgan fingerprint density at radius 2 is 1.94 bits per heavy atom. The zero-order valence-electron chi connectivity index (χ0n) is 8.84. The van der Waals surface area contributed by atoms with Gasteiger partial charge in [-0.3, -0.25) is 9.59 Å². The van der Waals surface area contributed by atoms with E-state index in [-0.39, 0.29) is 4.90 Å². The van der Waals surface area contributed by atoms with Crippen molar-refractivity contribution in [1.82, 2.24) is 10.2 Å². The van der Waals surface area contributed by atoms with Gasteiger partial charge in [0.2, 0.25) is 5.91 Å². The van der Waals surface area contributed by atoms with Crippen molar-refractivity contribution in [3.05, 3.63) is 0 Å². The molecule has 2 N–H and O–H groups in total. The number of nitrogens with one attached hydrogen (secondary N) is 1. The van der Waals surface area contributed by atoms with Crippen molar-refractivity contribution in [3.63, 3.8) is 0 Å². The Bertz CT molecular complexity index is 268. The van der Waals surface area contributed by atoms with Crippen LogP contribution in [0.4, 0.5) is 13.2 Å². The van der Waals surface area contributed by atoms with E-state index >= 15 is 0 Å². The van der Waals surface area contributed by atoms with Crippen molar-refractivity contribution < 1.29 is 27.9 Å². The molecule has 0 aromatic rings. The second-order valence-corrected chi connectivity index (χ2v) is 3.21. The van der Waals surface area contributed by atoms with Crippen LogP contribution in [0.2, 0.25) is 0 Å². The first kappa shape index (κ1) is 14.7. The predicted octanol–water partition coefficient (Wildman–Crippen LogP) is 0.0698. The molecule has 94 valence electrons. The Hall–Kier alpha value is -1.31. The Morgan fingerprint density at radius 1 is 1.44 bits per heavy atom. The van der Waals surface area contributed by atoms with Crippen LogP contribution < -0.4 is 5.32 Å². The number of carbonyl (C=O) groups excluding carboxylic acids is 1. The minimum absolute atomic E-state index is 0.253. The van der Waals surface area contributed by atoms with Crippen LogP contribution in [0.25, 0.3) is 0 Å². The van der Waals surface area contributed by atoms with Gasteiger partial charge in [-0.1, -0.05) is 0 Å². The Balaban J connectivity index is 4.66. The van der Waals surface area contributed by atoms with Gasteiger partial charge in [-0.25, -0.2) is 0 Å². The van der Waals surface area contributed by atoms with Crippen LogP contribution in [0, 0.1) is 0 Å². The number of halogens is 3. The highest BCUT2D eigenvalue weighted by atomic mass is 19.4. The average molecular weight is 242 g/mol. The van der Waals surface area contributed by atoms with Crippen LogP contribution in [-0.2, 0) is 9.59 Å². The van der Waals surface area contributed by atoms with Crippen LogP contribution in [-0.4, -0.2) is 54.2 Å². The molecule has 0 radical (unpaired) electrons. The second kappa shape index (κ2) is 5.69. The maximum Gasteiger partial charge on any atom is 0.406 e. The summed E-state index contributed by atoms with van der Waals surface area (Å²) in [5.74, 6) is -2.39. The number of carboxylic acid groups (broad SMARTS) is 1. The first-order valence-corrected chi connectivity index (χ1v) is 4.42. The van der Waals surface area contributed by atoms with Crippen molar-refractivity contribution in [2.24, 2.45) is 0 Å². The summed E-state index contributed by atoms with van der Waals surface area (Å²) in [4.78, 5) is 22.0. The van der Waals surface area contributed by atoms with Crippen LogP contribution in [0.3, 0.4) is 0 Å². The standard InChI is InChI=1S/C8H13F3N2O3/c1-5(12-2)7(16)13(3-6(14)15)4-8(9,10)11/h5,12H,3-4H2,1-2H3,(H,14,15). The quantitative estimate of drug-likeness (QED) is 0.715. The summed E-state index contributed by atoms with van der Waals surface area (Å²) in [6.45, 7) is -1.18. The molecule has 0 aliphatic carbocycles. The Kier molecular flexibility index (Phi) is 5.22. The lowest BCUT2D eigenvalue weighted by atomic mass is 10.3. The smallest absolute Gasteiger partial charge is 0.406 e. The lowest BCUT2D eigenvalue weighted by Crippen LogP contribution is -2.49. The molecule has 0 aliphatic rings. The van der Waals surface area contributed by atoms with Crippen LogP contribution in [0.1, 0.15) is 6.92 Å². The zero-order chi connectivity index (χ0) is 12.9. The molecule has 8 heteroatoms. The molecule has 5 nitrogen and oxygen atoms in total. The number of nitrogens with zero attached hydrogens (tertiary/aromatic N) is 1. The lowest BCUT2D eigenvalue weighted by Gasteiger charge is -2.24. The van der Waals surface area contributed by atoms with E-state index < -0.39 is 37.2 Å². The number of hydrogen-bond donors (Lipinski definition) is 2. The minimum Gasteiger partial charge on any atom is -0.480 e. The maximum atomic E-state index is 12.1. The van der Waals surface area contributed by atoms with Crippen LogP contribution in [0.15, 0.2) is 0 Å². The summed E-state index contributed by atoms with van der Waals surface area (Å²) in [6, 6.07) is -0.860. The van der Waals surface area contributed by atoms with Gasteiger partial charge in [0.1, 0.15) is 13.1 Å². The van der Waals surface area contributed by atoms with E-state index in [1.807, 2.05) is 0 Å². The van der Waals surface area contributed by atoms with Gasteiger partial charge in [0.15, 0.2) is 0 Å². The molecule has 16 heavy (non-hydrogen) atoms. The third-order valence-corrected chi connectivity index (χ3v) is 1.81. The molecule has 0 aromatic heterocycles. The number of carbonyl (C=O) groups is 2. The first-order valence-electron chi connectivity index (χ1n) is 4.42. The zero-order valence-corrected chi connectivity index (χ0v) is 8.84. The summed E-state index contributed by atoms with van der Waals surface area (Å²) in [7, 11) is 1.40. The summed E-state index contributed by atoms with van der Waals surface area (Å²) < 4.78 is 36.2. The topological polar surface area (TPSA) is 69.6 Å². The number of carboxylic acids is 1. The van der Waals surface area contributed by atoms with E-state index in [0.717, 1.165) is 0 Å². The molecular formula is C8H13F3N2O3. The van der Waals surface area contributed by atoms with Crippen molar-refractivity contribution in [2.75, 3.05) is 20.1 Å². The SMILES string of the molecule is CNC(C)C(=O)N(CC(=O)O)CC(F)(F)F. The molecule has 1 atom stereocenters. The van der Waals surface area contributed by atoms with Gasteiger partial charge < -0.3 is 15.3 Å². The highest BCUT2D eigenvalue weighted by molar-refractivity contribution is 5.85. The molecule has 0 saturated carbocycles. The second-order valence-electron chi connectivity index (χ2n) is 3.21. The normalized spacial score (nSPS) is 13.3. The van der Waals surface area contributed by atoms with Crippen molar-refractivity contribution in [3.8, 4) is 0 Å². The lowest BCUT2D eigenvalue weighted by molar-refractivity contribution is -0.166. The molecule has 0 aromatic carbocycles. The van der Waals surface area contributed by atoms with E-state index in [1.54, 1.807) is 0 Å². The summed E-state index contributed by atoms with van der Waals surface area (Å²) >= 11 is 0.